The summed E-state index contributed by atoms with van der Waals surface area (Å²) >= 11 is 0. The minimum Gasteiger partial charge on any atom is -0.455 e. The van der Waals surface area contributed by atoms with Gasteiger partial charge in [0.15, 0.2) is 0 Å². The van der Waals surface area contributed by atoms with E-state index >= 15 is 0 Å². The first kappa shape index (κ1) is 15.0. The van der Waals surface area contributed by atoms with Crippen LogP contribution in [-0.2, 0) is 0 Å². The lowest BCUT2D eigenvalue weighted by Gasteiger charge is -2.25. The predicted molar refractivity (Wildman–Crippen MR) is 110 cm³/mol. The van der Waals surface area contributed by atoms with Gasteiger partial charge in [-0.15, -0.1) is 0 Å². The Morgan fingerprint density at radius 1 is 0.654 bits per heavy atom. The van der Waals surface area contributed by atoms with E-state index in [4.69, 9.17) is 4.42 Å². The molecule has 2 heteroatoms. The van der Waals surface area contributed by atoms with Crippen molar-refractivity contribution in [2.24, 2.45) is 0 Å². The fourth-order valence-corrected chi connectivity index (χ4v) is 3.86. The van der Waals surface area contributed by atoms with Crippen LogP contribution >= 0.6 is 0 Å². The molecule has 5 aromatic rings. The molecule has 126 valence electrons. The molecular weight excluding hydrogens is 318 g/mol. The number of rotatable bonds is 3. The van der Waals surface area contributed by atoms with Gasteiger partial charge in [-0.05, 0) is 37.3 Å². The number of benzene rings is 4. The highest BCUT2D eigenvalue weighted by molar-refractivity contribution is 6.17. The normalized spacial score (nSPS) is 11.4. The molecule has 0 bridgehead atoms. The van der Waals surface area contributed by atoms with E-state index < -0.39 is 0 Å². The van der Waals surface area contributed by atoms with Crippen molar-refractivity contribution in [3.63, 3.8) is 0 Å². The first-order valence-corrected chi connectivity index (χ1v) is 9.02. The van der Waals surface area contributed by atoms with Gasteiger partial charge in [0.1, 0.15) is 11.2 Å². The molecule has 26 heavy (non-hydrogen) atoms. The van der Waals surface area contributed by atoms with Crippen molar-refractivity contribution in [2.45, 2.75) is 6.92 Å². The number of para-hydroxylation sites is 2. The van der Waals surface area contributed by atoms with Crippen LogP contribution in [0.5, 0.6) is 0 Å². The van der Waals surface area contributed by atoms with Crippen LogP contribution in [-0.4, -0.2) is 6.54 Å². The third kappa shape index (κ3) is 2.19. The SMILES string of the molecule is CCN(c1ccccc1)c1cccc2c1ccc1c3ccccc3oc21. The van der Waals surface area contributed by atoms with Gasteiger partial charge < -0.3 is 9.32 Å². The van der Waals surface area contributed by atoms with Crippen LogP contribution in [0.3, 0.4) is 0 Å². The topological polar surface area (TPSA) is 16.4 Å². The van der Waals surface area contributed by atoms with Crippen molar-refractivity contribution in [1.29, 1.82) is 0 Å². The molecule has 0 radical (unpaired) electrons. The van der Waals surface area contributed by atoms with Gasteiger partial charge in [0.05, 0.1) is 0 Å². The molecule has 0 amide bonds. The third-order valence-corrected chi connectivity index (χ3v) is 5.05. The van der Waals surface area contributed by atoms with Gasteiger partial charge in [-0.25, -0.2) is 0 Å². The van der Waals surface area contributed by atoms with Crippen LogP contribution < -0.4 is 4.90 Å². The number of fused-ring (bicyclic) bond motifs is 5. The number of hydrogen-bond donors (Lipinski definition) is 0. The van der Waals surface area contributed by atoms with Gasteiger partial charge >= 0.3 is 0 Å². The van der Waals surface area contributed by atoms with Gasteiger partial charge in [-0.3, -0.25) is 0 Å². The molecule has 1 aromatic heterocycles. The van der Waals surface area contributed by atoms with Crippen molar-refractivity contribution in [3.05, 3.63) is 84.9 Å². The minimum atomic E-state index is 0.904. The zero-order chi connectivity index (χ0) is 17.5. The number of nitrogens with zero attached hydrogens (tertiary/aromatic N) is 1. The summed E-state index contributed by atoms with van der Waals surface area (Å²) in [6.45, 7) is 3.09. The highest BCUT2D eigenvalue weighted by Gasteiger charge is 2.15. The summed E-state index contributed by atoms with van der Waals surface area (Å²) in [5.41, 5.74) is 4.32. The Labute approximate surface area is 152 Å². The Morgan fingerprint density at radius 3 is 2.19 bits per heavy atom. The number of hydrogen-bond acceptors (Lipinski definition) is 2. The Hall–Kier alpha value is -3.26. The number of furan rings is 1. The summed E-state index contributed by atoms with van der Waals surface area (Å²) in [6, 6.07) is 29.6. The maximum atomic E-state index is 6.22. The number of anilines is 2. The molecule has 0 fully saturated rings. The minimum absolute atomic E-state index is 0.904. The Balaban J connectivity index is 1.81. The van der Waals surface area contributed by atoms with E-state index in [-0.39, 0.29) is 0 Å². The molecule has 0 aliphatic rings. The maximum Gasteiger partial charge on any atom is 0.143 e. The molecule has 0 N–H and O–H groups in total. The lowest BCUT2D eigenvalue weighted by molar-refractivity contribution is 0.672. The van der Waals surface area contributed by atoms with Crippen LogP contribution in [0.4, 0.5) is 11.4 Å². The van der Waals surface area contributed by atoms with Crippen molar-refractivity contribution in [2.75, 3.05) is 11.4 Å². The maximum absolute atomic E-state index is 6.22. The first-order chi connectivity index (χ1) is 12.9. The van der Waals surface area contributed by atoms with E-state index in [9.17, 15) is 0 Å². The molecule has 1 heterocycles. The molecule has 0 saturated heterocycles. The molecule has 0 aliphatic carbocycles. The Morgan fingerprint density at radius 2 is 1.35 bits per heavy atom. The lowest BCUT2D eigenvalue weighted by atomic mass is 10.0. The molecule has 2 nitrogen and oxygen atoms in total. The highest BCUT2D eigenvalue weighted by atomic mass is 16.3. The summed E-state index contributed by atoms with van der Waals surface area (Å²) in [4.78, 5) is 2.34. The average molecular weight is 337 g/mol. The van der Waals surface area contributed by atoms with Crippen molar-refractivity contribution in [3.8, 4) is 0 Å². The van der Waals surface area contributed by atoms with Gasteiger partial charge in [0, 0.05) is 39.5 Å². The first-order valence-electron chi connectivity index (χ1n) is 9.02. The molecule has 0 aliphatic heterocycles. The summed E-state index contributed by atoms with van der Waals surface area (Å²) in [7, 11) is 0. The average Bonchev–Trinajstić information content (AvgIpc) is 3.09. The second-order valence-electron chi connectivity index (χ2n) is 6.49. The monoisotopic (exact) mass is 337 g/mol. The zero-order valence-electron chi connectivity index (χ0n) is 14.6. The van der Waals surface area contributed by atoms with Crippen molar-refractivity contribution < 1.29 is 4.42 Å². The Kier molecular flexibility index (Phi) is 3.42. The van der Waals surface area contributed by atoms with Gasteiger partial charge in [-0.2, -0.15) is 0 Å². The Bertz CT molecular complexity index is 1220. The van der Waals surface area contributed by atoms with E-state index in [1.807, 2.05) is 12.1 Å². The second-order valence-corrected chi connectivity index (χ2v) is 6.49. The molecule has 0 atom stereocenters. The summed E-state index contributed by atoms with van der Waals surface area (Å²) in [5, 5.41) is 4.72. The lowest BCUT2D eigenvalue weighted by Crippen LogP contribution is -2.16. The molecule has 4 aromatic carbocycles. The standard InChI is InChI=1S/C24H19NO/c1-2-25(17-9-4-3-5-10-17)22-13-8-12-20-18(22)15-16-21-19-11-6-7-14-23(19)26-24(20)21/h3-16H,2H2,1H3. The zero-order valence-corrected chi connectivity index (χ0v) is 14.6. The quantitative estimate of drug-likeness (QED) is 0.356. The van der Waals surface area contributed by atoms with E-state index in [0.717, 1.165) is 23.1 Å². The molecule has 0 saturated carbocycles. The molecular formula is C24H19NO. The fraction of sp³-hybridized carbons (Fsp3) is 0.0833. The van der Waals surface area contributed by atoms with E-state index in [2.05, 4.69) is 84.6 Å². The van der Waals surface area contributed by atoms with E-state index in [1.165, 1.54) is 27.5 Å². The summed E-state index contributed by atoms with van der Waals surface area (Å²) in [5.74, 6) is 0. The summed E-state index contributed by atoms with van der Waals surface area (Å²) in [6.07, 6.45) is 0. The van der Waals surface area contributed by atoms with Crippen molar-refractivity contribution >= 4 is 44.1 Å². The van der Waals surface area contributed by atoms with Crippen LogP contribution in [0, 0.1) is 0 Å². The van der Waals surface area contributed by atoms with E-state index in [0.29, 0.717) is 0 Å². The molecule has 0 unspecified atom stereocenters. The second kappa shape index (κ2) is 5.92. The van der Waals surface area contributed by atoms with Gasteiger partial charge in [-0.1, -0.05) is 54.6 Å². The van der Waals surface area contributed by atoms with Crippen LogP contribution in [0.2, 0.25) is 0 Å². The van der Waals surface area contributed by atoms with Crippen molar-refractivity contribution in [1.82, 2.24) is 0 Å². The molecule has 0 spiro atoms. The third-order valence-electron chi connectivity index (χ3n) is 5.05. The van der Waals surface area contributed by atoms with Crippen LogP contribution in [0.15, 0.2) is 89.3 Å². The van der Waals surface area contributed by atoms with E-state index in [1.54, 1.807) is 0 Å². The smallest absolute Gasteiger partial charge is 0.143 e. The highest BCUT2D eigenvalue weighted by Crippen LogP contribution is 2.38. The van der Waals surface area contributed by atoms with Gasteiger partial charge in [0.25, 0.3) is 0 Å². The predicted octanol–water partition coefficient (Wildman–Crippen LogP) is 6.90. The fourth-order valence-electron chi connectivity index (χ4n) is 3.86. The van der Waals surface area contributed by atoms with Gasteiger partial charge in [0.2, 0.25) is 0 Å². The molecule has 5 rings (SSSR count). The largest absolute Gasteiger partial charge is 0.455 e. The van der Waals surface area contributed by atoms with Crippen LogP contribution in [0.1, 0.15) is 6.92 Å². The summed E-state index contributed by atoms with van der Waals surface area (Å²) < 4.78 is 6.22. The van der Waals surface area contributed by atoms with Crippen LogP contribution in [0.25, 0.3) is 32.7 Å².